The van der Waals surface area contributed by atoms with Gasteiger partial charge in [-0.25, -0.2) is 5.10 Å². The van der Waals surface area contributed by atoms with Gasteiger partial charge in [-0.05, 0) is 15.4 Å². The Labute approximate surface area is 55.2 Å². The van der Waals surface area contributed by atoms with Crippen LogP contribution in [0, 0.1) is 0 Å². The molecule has 0 aromatic carbocycles. The molecule has 0 bridgehead atoms. The van der Waals surface area contributed by atoms with E-state index in [1.54, 1.807) is 0 Å². The fraction of sp³-hybridized carbons (Fsp3) is 0.500. The Balaban J connectivity index is 3.51. The van der Waals surface area contributed by atoms with E-state index in [2.05, 4.69) is 5.10 Å². The van der Waals surface area contributed by atoms with E-state index >= 15 is 0 Å². The van der Waals surface area contributed by atoms with E-state index in [4.69, 9.17) is 23.7 Å². The molecule has 36 valence electrons. The Kier molecular flexibility index (Phi) is 4.07. The molecule has 0 fully saturated rings. The van der Waals surface area contributed by atoms with E-state index in [1.165, 1.54) is 4.69 Å². The van der Waals surface area contributed by atoms with Crippen LogP contribution < -0.4 is 0 Å². The zero-order chi connectivity index (χ0) is 6.57. The van der Waals surface area contributed by atoms with Gasteiger partial charge in [0.2, 0.25) is 0 Å². The van der Waals surface area contributed by atoms with Crippen molar-refractivity contribution in [2.45, 2.75) is 0 Å². The van der Waals surface area contributed by atoms with Crippen molar-refractivity contribution in [1.82, 2.24) is 4.69 Å². The van der Waals surface area contributed by atoms with Crippen molar-refractivity contribution in [2.75, 3.05) is 6.66 Å². The van der Waals surface area contributed by atoms with Crippen LogP contribution in [0.4, 0.5) is 0 Å². The SMILES string of the molecule is [B]C([B])=NN([B])PC. The summed E-state index contributed by atoms with van der Waals surface area (Å²) in [6.07, 6.45) is 0. The van der Waals surface area contributed by atoms with Gasteiger partial charge in [0.05, 0.1) is 0 Å². The van der Waals surface area contributed by atoms with Crippen molar-refractivity contribution < 1.29 is 0 Å². The molecule has 2 nitrogen and oxygen atoms in total. The van der Waals surface area contributed by atoms with Crippen LogP contribution in [0.1, 0.15) is 0 Å². The van der Waals surface area contributed by atoms with Gasteiger partial charge >= 0.3 is 0 Å². The fourth-order valence-electron chi connectivity index (χ4n) is 0.174. The van der Waals surface area contributed by atoms with Crippen LogP contribution in [0.5, 0.6) is 0 Å². The van der Waals surface area contributed by atoms with E-state index in [0.29, 0.717) is 8.73 Å². The van der Waals surface area contributed by atoms with Gasteiger partial charge in [0, 0.05) is 0 Å². The Morgan fingerprint density at radius 2 is 2.12 bits per heavy atom. The first-order chi connectivity index (χ1) is 3.66. The van der Waals surface area contributed by atoms with Crippen molar-refractivity contribution in [3.05, 3.63) is 0 Å². The summed E-state index contributed by atoms with van der Waals surface area (Å²) in [5.41, 5.74) is -0.0122. The van der Waals surface area contributed by atoms with E-state index in [1.807, 2.05) is 6.66 Å². The second-order valence-corrected chi connectivity index (χ2v) is 2.00. The van der Waals surface area contributed by atoms with Gasteiger partial charge in [0.1, 0.15) is 15.7 Å². The molecule has 0 aliphatic rings. The van der Waals surface area contributed by atoms with Crippen molar-refractivity contribution in [1.29, 1.82) is 0 Å². The molecule has 6 radical (unpaired) electrons. The highest BCUT2D eigenvalue weighted by Crippen LogP contribution is 2.06. The minimum absolute atomic E-state index is 0.0122. The molecule has 0 spiro atoms. The standard InChI is InChI=1S/C2H4B3N2P/c1-8-7(5)6-2(3)4/h8H,1H3. The highest BCUT2D eigenvalue weighted by Gasteiger charge is 1.82. The number of hydrazone groups is 1. The van der Waals surface area contributed by atoms with E-state index < -0.39 is 0 Å². The minimum Gasteiger partial charge on any atom is -0.338 e. The Morgan fingerprint density at radius 3 is 2.25 bits per heavy atom. The summed E-state index contributed by atoms with van der Waals surface area (Å²) < 4.78 is 1.19. The Hall–Kier alpha value is 0.0948. The third-order valence-corrected chi connectivity index (χ3v) is 1.01. The highest BCUT2D eigenvalue weighted by molar-refractivity contribution is 7.35. The molecular formula is C2H4B3N2P. The lowest BCUT2D eigenvalue weighted by molar-refractivity contribution is 0.794. The van der Waals surface area contributed by atoms with Crippen molar-refractivity contribution in [2.24, 2.45) is 5.10 Å². The summed E-state index contributed by atoms with van der Waals surface area (Å²) in [6, 6.07) is 0. The Morgan fingerprint density at radius 1 is 1.62 bits per heavy atom. The molecule has 0 N–H and O–H groups in total. The first-order valence-corrected chi connectivity index (χ1v) is 3.43. The summed E-state index contributed by atoms with van der Waals surface area (Å²) in [4.78, 5) is 0. The molecule has 1 unspecified atom stereocenters. The maximum Gasteiger partial charge on any atom is 0.262 e. The number of rotatable bonds is 2. The van der Waals surface area contributed by atoms with Gasteiger partial charge in [-0.3, -0.25) is 0 Å². The van der Waals surface area contributed by atoms with Gasteiger partial charge in [0.15, 0.2) is 0 Å². The quantitative estimate of drug-likeness (QED) is 0.201. The predicted molar refractivity (Wildman–Crippen MR) is 40.8 cm³/mol. The van der Waals surface area contributed by atoms with Crippen LogP contribution in [0.25, 0.3) is 0 Å². The van der Waals surface area contributed by atoms with Crippen molar-refractivity contribution in [3.63, 3.8) is 0 Å². The lowest BCUT2D eigenvalue weighted by Gasteiger charge is -2.09. The average molecular weight is 119 g/mol. The van der Waals surface area contributed by atoms with Crippen molar-refractivity contribution >= 4 is 37.9 Å². The van der Waals surface area contributed by atoms with Gasteiger partial charge < -0.3 is 4.69 Å². The topological polar surface area (TPSA) is 15.6 Å². The molecule has 0 rings (SSSR count). The molecule has 0 aliphatic heterocycles. The number of nitrogens with zero attached hydrogens (tertiary/aromatic N) is 2. The normalized spacial score (nSPS) is 9.62. The first-order valence-electron chi connectivity index (χ1n) is 1.98. The molecule has 0 heterocycles. The largest absolute Gasteiger partial charge is 0.338 e. The fourth-order valence-corrected chi connectivity index (χ4v) is 0.390. The van der Waals surface area contributed by atoms with Crippen LogP contribution in [0.3, 0.4) is 0 Å². The lowest BCUT2D eigenvalue weighted by Crippen LogP contribution is -2.06. The molecule has 0 aromatic heterocycles. The molecule has 0 amide bonds. The molecular weight excluding hydrogens is 115 g/mol. The average Bonchev–Trinajstić information content (AvgIpc) is 1.65. The maximum absolute atomic E-state index is 5.17. The second kappa shape index (κ2) is 4.02. The predicted octanol–water partition coefficient (Wildman–Crippen LogP) is -0.797. The van der Waals surface area contributed by atoms with Gasteiger partial charge in [-0.2, -0.15) is 0 Å². The van der Waals surface area contributed by atoms with Gasteiger partial charge in [-0.15, -0.1) is 0 Å². The van der Waals surface area contributed by atoms with Gasteiger partial charge in [-0.1, -0.05) is 5.51 Å². The van der Waals surface area contributed by atoms with Crippen LogP contribution in [0.15, 0.2) is 5.10 Å². The van der Waals surface area contributed by atoms with Crippen LogP contribution >= 0.6 is 8.73 Å². The van der Waals surface area contributed by atoms with E-state index in [9.17, 15) is 0 Å². The molecule has 0 saturated carbocycles. The van der Waals surface area contributed by atoms with Crippen LogP contribution in [-0.2, 0) is 0 Å². The third kappa shape index (κ3) is 4.26. The van der Waals surface area contributed by atoms with Gasteiger partial charge in [0.25, 0.3) is 7.98 Å². The zero-order valence-corrected chi connectivity index (χ0v) is 5.63. The summed E-state index contributed by atoms with van der Waals surface area (Å²) >= 11 is 0. The zero-order valence-electron chi connectivity index (χ0n) is 4.63. The maximum atomic E-state index is 5.17. The second-order valence-electron chi connectivity index (χ2n) is 1.09. The monoisotopic (exact) mass is 120 g/mol. The lowest BCUT2D eigenvalue weighted by atomic mass is 9.84. The third-order valence-electron chi connectivity index (χ3n) is 0.452. The molecule has 0 aliphatic carbocycles. The van der Waals surface area contributed by atoms with E-state index in [0.717, 1.165) is 0 Å². The van der Waals surface area contributed by atoms with Crippen LogP contribution in [0.2, 0.25) is 0 Å². The molecule has 0 aromatic rings. The highest BCUT2D eigenvalue weighted by atomic mass is 31.1. The van der Waals surface area contributed by atoms with E-state index in [-0.39, 0.29) is 5.51 Å². The van der Waals surface area contributed by atoms with Crippen molar-refractivity contribution in [3.8, 4) is 0 Å². The number of hydrogen-bond acceptors (Lipinski definition) is 2. The smallest absolute Gasteiger partial charge is 0.262 e. The summed E-state index contributed by atoms with van der Waals surface area (Å²) in [5.74, 6) is 0. The van der Waals surface area contributed by atoms with Crippen LogP contribution in [-0.4, -0.2) is 40.5 Å². The summed E-state index contributed by atoms with van der Waals surface area (Å²) in [6.45, 7) is 1.87. The summed E-state index contributed by atoms with van der Waals surface area (Å²) in [5, 5.41) is 3.49. The molecule has 8 heavy (non-hydrogen) atoms. The molecule has 1 atom stereocenters. The molecule has 0 saturated heterocycles. The summed E-state index contributed by atoms with van der Waals surface area (Å²) in [7, 11) is 15.5. The molecule has 6 heteroatoms. The minimum atomic E-state index is -0.0122. The number of hydrogen-bond donors (Lipinski definition) is 0. The first kappa shape index (κ1) is 8.09. The Bertz CT molecular complexity index is 91.3.